The van der Waals surface area contributed by atoms with Crippen LogP contribution in [0.3, 0.4) is 0 Å². The number of rotatable bonds is 3. The van der Waals surface area contributed by atoms with E-state index < -0.39 is 0 Å². The molecule has 2 unspecified atom stereocenters. The summed E-state index contributed by atoms with van der Waals surface area (Å²) < 4.78 is 4.98. The number of imidazole rings is 1. The Labute approximate surface area is 284 Å². The average molecular weight is 635 g/mol. The van der Waals surface area contributed by atoms with E-state index in [4.69, 9.17) is 4.98 Å². The molecule has 3 heterocycles. The van der Waals surface area contributed by atoms with Crippen molar-refractivity contribution >= 4 is 70.6 Å². The maximum Gasteiger partial charge on any atom is 0.156 e. The summed E-state index contributed by atoms with van der Waals surface area (Å²) in [7, 11) is 0. The highest BCUT2D eigenvalue weighted by Gasteiger charge is 2.22. The number of allylic oxidation sites excluding steroid dienone is 5. The summed E-state index contributed by atoms with van der Waals surface area (Å²) in [5.74, 6) is 1.08. The molecule has 0 fully saturated rings. The molecule has 0 N–H and O–H groups in total. The van der Waals surface area contributed by atoms with E-state index >= 15 is 0 Å². The quantitative estimate of drug-likeness (QED) is 0.189. The van der Waals surface area contributed by atoms with Gasteiger partial charge in [-0.25, -0.2) is 4.98 Å². The Balaban J connectivity index is 1.18. The first-order valence-corrected chi connectivity index (χ1v) is 17.9. The van der Waals surface area contributed by atoms with Gasteiger partial charge in [0.05, 0.1) is 21.4 Å². The second-order valence-corrected chi connectivity index (χ2v) is 14.7. The molecule has 2 aliphatic carbocycles. The van der Waals surface area contributed by atoms with Gasteiger partial charge in [0.15, 0.2) is 5.65 Å². The van der Waals surface area contributed by atoms with Crippen molar-refractivity contribution in [2.24, 2.45) is 5.92 Å². The summed E-state index contributed by atoms with van der Waals surface area (Å²) in [5, 5.41) is 5.12. The van der Waals surface area contributed by atoms with Crippen LogP contribution in [0.5, 0.6) is 0 Å². The van der Waals surface area contributed by atoms with Gasteiger partial charge in [-0.15, -0.1) is 11.3 Å². The lowest BCUT2D eigenvalue weighted by molar-refractivity contribution is 0.758. The minimum atomic E-state index is 0.523. The summed E-state index contributed by atoms with van der Waals surface area (Å²) >= 11 is 1.87. The molecule has 2 nitrogen and oxygen atoms in total. The summed E-state index contributed by atoms with van der Waals surface area (Å²) in [4.78, 5) is 5.37. The predicted molar refractivity (Wildman–Crippen MR) is 207 cm³/mol. The number of hydrogen-bond donors (Lipinski definition) is 0. The first-order chi connectivity index (χ1) is 23.6. The van der Waals surface area contributed by atoms with Gasteiger partial charge >= 0.3 is 0 Å². The van der Waals surface area contributed by atoms with Crippen molar-refractivity contribution < 1.29 is 0 Å². The van der Waals surface area contributed by atoms with Crippen LogP contribution in [0.1, 0.15) is 49.3 Å². The van der Waals surface area contributed by atoms with Crippen molar-refractivity contribution in [2.75, 3.05) is 0 Å². The number of pyridine rings is 1. The fourth-order valence-electron chi connectivity index (χ4n) is 8.07. The summed E-state index contributed by atoms with van der Waals surface area (Å²) in [6, 6.07) is 38.5. The third-order valence-electron chi connectivity index (χ3n) is 10.7. The lowest BCUT2D eigenvalue weighted by Crippen LogP contribution is -2.00. The van der Waals surface area contributed by atoms with Crippen molar-refractivity contribution in [3.05, 3.63) is 144 Å². The van der Waals surface area contributed by atoms with Crippen LogP contribution in [-0.4, -0.2) is 9.38 Å². The van der Waals surface area contributed by atoms with Crippen LogP contribution in [-0.2, 0) is 0 Å². The summed E-state index contributed by atoms with van der Waals surface area (Å²) in [6.07, 6.45) is 13.6. The Kier molecular flexibility index (Phi) is 6.16. The first kappa shape index (κ1) is 27.8. The molecule has 0 aliphatic heterocycles. The van der Waals surface area contributed by atoms with E-state index in [1.807, 2.05) is 11.3 Å². The van der Waals surface area contributed by atoms with E-state index in [1.165, 1.54) is 75.6 Å². The maximum absolute atomic E-state index is 5.37. The monoisotopic (exact) mass is 634 g/mol. The molecular weight excluding hydrogens is 601 g/mol. The molecule has 10 rings (SSSR count). The number of nitrogens with zero attached hydrogens (tertiary/aromatic N) is 2. The van der Waals surface area contributed by atoms with Gasteiger partial charge in [-0.05, 0) is 98.7 Å². The standard InChI is InChI=1S/C45H34N2S/c1-27-8-3-6-12-35(27)31-18-14-29(15-19-31)30-16-20-32(21-17-30)40-26-38-43-37-13-7-9-28(2)36(37)22-23-42(43)48-44(38)45-46-39-24-33-10-4-5-11-34(33)25-41(39)47(40)45/h3-7,10-28H,8-9H2,1-2H3. The highest BCUT2D eigenvalue weighted by molar-refractivity contribution is 7.26. The van der Waals surface area contributed by atoms with Crippen molar-refractivity contribution in [3.63, 3.8) is 0 Å². The number of thiophene rings is 1. The van der Waals surface area contributed by atoms with Crippen LogP contribution in [0.25, 0.3) is 81.7 Å². The summed E-state index contributed by atoms with van der Waals surface area (Å²) in [5.41, 5.74) is 13.6. The fourth-order valence-corrected chi connectivity index (χ4v) is 9.25. The molecule has 0 amide bonds. The van der Waals surface area contributed by atoms with Crippen LogP contribution >= 0.6 is 11.3 Å². The largest absolute Gasteiger partial charge is 0.291 e. The Hall–Kier alpha value is -5.25. The van der Waals surface area contributed by atoms with Crippen molar-refractivity contribution in [2.45, 2.75) is 32.6 Å². The third kappa shape index (κ3) is 4.20. The van der Waals surface area contributed by atoms with Gasteiger partial charge in [-0.2, -0.15) is 0 Å². The second kappa shape index (κ2) is 10.6. The molecule has 0 saturated heterocycles. The average Bonchev–Trinajstić information content (AvgIpc) is 3.69. The van der Waals surface area contributed by atoms with Gasteiger partial charge in [0.2, 0.25) is 0 Å². The Morgan fingerprint density at radius 1 is 0.708 bits per heavy atom. The molecule has 2 atom stereocenters. The third-order valence-corrected chi connectivity index (χ3v) is 11.9. The zero-order chi connectivity index (χ0) is 31.9. The van der Waals surface area contributed by atoms with E-state index in [2.05, 4.69) is 152 Å². The van der Waals surface area contributed by atoms with Crippen molar-refractivity contribution in [1.29, 1.82) is 0 Å². The van der Waals surface area contributed by atoms with Crippen LogP contribution in [0, 0.1) is 5.92 Å². The topological polar surface area (TPSA) is 17.3 Å². The molecule has 48 heavy (non-hydrogen) atoms. The number of hydrogen-bond acceptors (Lipinski definition) is 2. The Bertz CT molecular complexity index is 2680. The maximum atomic E-state index is 5.37. The van der Waals surface area contributed by atoms with Crippen molar-refractivity contribution in [1.82, 2.24) is 9.38 Å². The minimum Gasteiger partial charge on any atom is -0.291 e. The molecule has 3 aromatic heterocycles. The molecule has 0 radical (unpaired) electrons. The number of benzene rings is 5. The molecule has 2 aliphatic rings. The molecular formula is C45H34N2S. The molecule has 8 aromatic rings. The highest BCUT2D eigenvalue weighted by atomic mass is 32.1. The van der Waals surface area contributed by atoms with Gasteiger partial charge < -0.3 is 0 Å². The van der Waals surface area contributed by atoms with Crippen LogP contribution in [0.15, 0.2) is 127 Å². The number of aromatic nitrogens is 2. The van der Waals surface area contributed by atoms with Gasteiger partial charge in [-0.3, -0.25) is 4.40 Å². The van der Waals surface area contributed by atoms with E-state index in [0.717, 1.165) is 29.5 Å². The van der Waals surface area contributed by atoms with Crippen LogP contribution in [0.2, 0.25) is 0 Å². The zero-order valence-corrected chi connectivity index (χ0v) is 27.9. The molecule has 3 heteroatoms. The molecule has 5 aromatic carbocycles. The van der Waals surface area contributed by atoms with Gasteiger partial charge in [-0.1, -0.05) is 123 Å². The van der Waals surface area contributed by atoms with Gasteiger partial charge in [0.25, 0.3) is 0 Å². The lowest BCUT2D eigenvalue weighted by Gasteiger charge is -2.18. The summed E-state index contributed by atoms with van der Waals surface area (Å²) in [6.45, 7) is 4.66. The van der Waals surface area contributed by atoms with E-state index in [0.29, 0.717) is 11.8 Å². The highest BCUT2D eigenvalue weighted by Crippen LogP contribution is 2.45. The smallest absolute Gasteiger partial charge is 0.156 e. The first-order valence-electron chi connectivity index (χ1n) is 17.1. The van der Waals surface area contributed by atoms with Gasteiger partial charge in [0, 0.05) is 15.5 Å². The Morgan fingerprint density at radius 3 is 2.19 bits per heavy atom. The minimum absolute atomic E-state index is 0.523. The molecule has 0 bridgehead atoms. The normalized spacial score (nSPS) is 17.6. The zero-order valence-electron chi connectivity index (χ0n) is 27.1. The fraction of sp³-hybridized carbons (Fsp3) is 0.133. The number of fused-ring (bicyclic) bond motifs is 10. The molecule has 0 saturated carbocycles. The van der Waals surface area contributed by atoms with Gasteiger partial charge in [0.1, 0.15) is 0 Å². The van der Waals surface area contributed by atoms with Crippen molar-refractivity contribution in [3.8, 4) is 22.4 Å². The van der Waals surface area contributed by atoms with E-state index in [-0.39, 0.29) is 0 Å². The predicted octanol–water partition coefficient (Wildman–Crippen LogP) is 12.8. The van der Waals surface area contributed by atoms with Crippen LogP contribution < -0.4 is 0 Å². The SMILES string of the molecule is CC1CC=CC=C1c1ccc(-c2ccc(-c3cc4c(sc5ccc6c(c54)C=CCC6C)c4nc5cc6ccccc6cc5n34)cc2)cc1. The molecule has 230 valence electrons. The van der Waals surface area contributed by atoms with E-state index in [9.17, 15) is 0 Å². The van der Waals surface area contributed by atoms with E-state index in [1.54, 1.807) is 0 Å². The molecule has 0 spiro atoms. The van der Waals surface area contributed by atoms with Crippen LogP contribution in [0.4, 0.5) is 0 Å². The Morgan fingerprint density at radius 2 is 1.42 bits per heavy atom. The second-order valence-electron chi connectivity index (χ2n) is 13.7. The lowest BCUT2D eigenvalue weighted by atomic mass is 9.86.